The van der Waals surface area contributed by atoms with Crippen LogP contribution in [0.4, 0.5) is 0 Å². The lowest BCUT2D eigenvalue weighted by Crippen LogP contribution is -2.28. The maximum Gasteiger partial charge on any atom is 0.341 e. The third-order valence-electron chi connectivity index (χ3n) is 3.76. The number of hydrogen-bond donors (Lipinski definition) is 1. The zero-order valence-electron chi connectivity index (χ0n) is 12.2. The lowest BCUT2D eigenvalue weighted by molar-refractivity contribution is 0.0438. The van der Waals surface area contributed by atoms with Crippen molar-refractivity contribution in [3.05, 3.63) is 23.7 Å². The largest absolute Gasteiger partial charge is 0.467 e. The molecular formula is C15H23NO4. The van der Waals surface area contributed by atoms with E-state index in [1.807, 2.05) is 6.92 Å². The van der Waals surface area contributed by atoms with Gasteiger partial charge in [-0.05, 0) is 45.7 Å². The molecule has 5 nitrogen and oxygen atoms in total. The van der Waals surface area contributed by atoms with Crippen molar-refractivity contribution in [3.63, 3.8) is 0 Å². The average molecular weight is 281 g/mol. The van der Waals surface area contributed by atoms with Gasteiger partial charge in [-0.3, -0.25) is 4.90 Å². The second kappa shape index (κ2) is 6.41. The predicted octanol–water partition coefficient (Wildman–Crippen LogP) is 2.19. The summed E-state index contributed by atoms with van der Waals surface area (Å²) in [6.45, 7) is 6.31. The SMILES string of the molecule is CCOC(=O)c1ccoc1CN1CCCC(C)(O)CC1. The van der Waals surface area contributed by atoms with Gasteiger partial charge in [-0.15, -0.1) is 0 Å². The molecule has 0 amide bonds. The molecule has 1 atom stereocenters. The fourth-order valence-electron chi connectivity index (χ4n) is 2.53. The molecule has 0 radical (unpaired) electrons. The molecular weight excluding hydrogens is 258 g/mol. The van der Waals surface area contributed by atoms with Gasteiger partial charge in [-0.25, -0.2) is 4.79 Å². The normalized spacial score (nSPS) is 24.4. The quantitative estimate of drug-likeness (QED) is 0.857. The second-order valence-electron chi connectivity index (χ2n) is 5.60. The van der Waals surface area contributed by atoms with Gasteiger partial charge in [-0.1, -0.05) is 0 Å². The van der Waals surface area contributed by atoms with Gasteiger partial charge in [0.15, 0.2) is 0 Å². The van der Waals surface area contributed by atoms with Crippen LogP contribution in [-0.2, 0) is 11.3 Å². The first-order valence-corrected chi connectivity index (χ1v) is 7.20. The zero-order valence-corrected chi connectivity index (χ0v) is 12.2. The number of likely N-dealkylation sites (tertiary alicyclic amines) is 1. The van der Waals surface area contributed by atoms with Gasteiger partial charge in [0.05, 0.1) is 25.0 Å². The summed E-state index contributed by atoms with van der Waals surface area (Å²) in [4.78, 5) is 14.0. The highest BCUT2D eigenvalue weighted by Gasteiger charge is 2.26. The number of carbonyl (C=O) groups excluding carboxylic acids is 1. The first-order valence-electron chi connectivity index (χ1n) is 7.20. The van der Waals surface area contributed by atoms with E-state index in [9.17, 15) is 9.90 Å². The molecule has 0 aromatic carbocycles. The van der Waals surface area contributed by atoms with Gasteiger partial charge in [-0.2, -0.15) is 0 Å². The predicted molar refractivity (Wildman–Crippen MR) is 74.4 cm³/mol. The number of rotatable bonds is 4. The fraction of sp³-hybridized carbons (Fsp3) is 0.667. The first kappa shape index (κ1) is 15.1. The summed E-state index contributed by atoms with van der Waals surface area (Å²) >= 11 is 0. The maximum absolute atomic E-state index is 11.8. The van der Waals surface area contributed by atoms with Gasteiger partial charge in [0, 0.05) is 6.54 Å². The van der Waals surface area contributed by atoms with Crippen molar-refractivity contribution in [2.45, 2.75) is 45.3 Å². The van der Waals surface area contributed by atoms with Crippen LogP contribution in [0.15, 0.2) is 16.7 Å². The molecule has 0 bridgehead atoms. The molecule has 112 valence electrons. The maximum atomic E-state index is 11.8. The molecule has 20 heavy (non-hydrogen) atoms. The van der Waals surface area contributed by atoms with Crippen LogP contribution in [0.5, 0.6) is 0 Å². The summed E-state index contributed by atoms with van der Waals surface area (Å²) < 4.78 is 10.4. The number of furan rings is 1. The Kier molecular flexibility index (Phi) is 4.83. The Labute approximate surface area is 119 Å². The Bertz CT molecular complexity index is 452. The van der Waals surface area contributed by atoms with Crippen molar-refractivity contribution in [3.8, 4) is 0 Å². The molecule has 1 saturated heterocycles. The van der Waals surface area contributed by atoms with Crippen molar-refractivity contribution in [2.75, 3.05) is 19.7 Å². The number of carbonyl (C=O) groups is 1. The summed E-state index contributed by atoms with van der Waals surface area (Å²) in [7, 11) is 0. The number of ether oxygens (including phenoxy) is 1. The van der Waals surface area contributed by atoms with E-state index in [0.717, 1.165) is 32.4 Å². The van der Waals surface area contributed by atoms with Crippen LogP contribution in [0.25, 0.3) is 0 Å². The van der Waals surface area contributed by atoms with Crippen LogP contribution in [0.1, 0.15) is 49.2 Å². The van der Waals surface area contributed by atoms with E-state index in [-0.39, 0.29) is 5.97 Å². The summed E-state index contributed by atoms with van der Waals surface area (Å²) in [5, 5.41) is 10.1. The van der Waals surface area contributed by atoms with E-state index >= 15 is 0 Å². The van der Waals surface area contributed by atoms with E-state index in [2.05, 4.69) is 4.90 Å². The van der Waals surface area contributed by atoms with E-state index in [1.165, 1.54) is 6.26 Å². The van der Waals surface area contributed by atoms with Crippen LogP contribution in [0, 0.1) is 0 Å². The topological polar surface area (TPSA) is 62.9 Å². The Hall–Kier alpha value is -1.33. The standard InChI is InChI=1S/C15H23NO4/c1-3-19-14(17)12-5-10-20-13(12)11-16-8-4-6-15(2,18)7-9-16/h5,10,18H,3-4,6-9,11H2,1-2H3. The van der Waals surface area contributed by atoms with E-state index < -0.39 is 5.60 Å². The van der Waals surface area contributed by atoms with Crippen LogP contribution >= 0.6 is 0 Å². The zero-order chi connectivity index (χ0) is 14.6. The van der Waals surface area contributed by atoms with Crippen molar-refractivity contribution in [2.24, 2.45) is 0 Å². The lowest BCUT2D eigenvalue weighted by Gasteiger charge is -2.21. The summed E-state index contributed by atoms with van der Waals surface area (Å²) in [5.41, 5.74) is -0.0788. The number of aliphatic hydroxyl groups is 1. The second-order valence-corrected chi connectivity index (χ2v) is 5.60. The Balaban J connectivity index is 2.00. The molecule has 1 aromatic heterocycles. The number of hydrogen-bond acceptors (Lipinski definition) is 5. The minimum Gasteiger partial charge on any atom is -0.467 e. The molecule has 1 unspecified atom stereocenters. The molecule has 5 heteroatoms. The van der Waals surface area contributed by atoms with Gasteiger partial charge in [0.25, 0.3) is 0 Å². The molecule has 1 aliphatic rings. The molecule has 1 aliphatic heterocycles. The smallest absolute Gasteiger partial charge is 0.341 e. The van der Waals surface area contributed by atoms with E-state index in [1.54, 1.807) is 13.0 Å². The third kappa shape index (κ3) is 3.84. The minimum atomic E-state index is -0.581. The van der Waals surface area contributed by atoms with Gasteiger partial charge in [0.1, 0.15) is 11.3 Å². The first-order chi connectivity index (χ1) is 9.52. The van der Waals surface area contributed by atoms with E-state index in [4.69, 9.17) is 9.15 Å². The Morgan fingerprint density at radius 2 is 2.30 bits per heavy atom. The molecule has 2 heterocycles. The molecule has 0 saturated carbocycles. The van der Waals surface area contributed by atoms with Crippen molar-refractivity contribution >= 4 is 5.97 Å². The minimum absolute atomic E-state index is 0.335. The van der Waals surface area contributed by atoms with Crippen LogP contribution in [0.2, 0.25) is 0 Å². The number of esters is 1. The highest BCUT2D eigenvalue weighted by molar-refractivity contribution is 5.90. The third-order valence-corrected chi connectivity index (χ3v) is 3.76. The Morgan fingerprint density at radius 1 is 1.50 bits per heavy atom. The highest BCUT2D eigenvalue weighted by atomic mass is 16.5. The Morgan fingerprint density at radius 3 is 3.05 bits per heavy atom. The molecule has 0 spiro atoms. The van der Waals surface area contributed by atoms with Crippen molar-refractivity contribution in [1.29, 1.82) is 0 Å². The summed E-state index contributed by atoms with van der Waals surface area (Å²) in [6, 6.07) is 1.65. The van der Waals surface area contributed by atoms with Gasteiger partial charge >= 0.3 is 5.97 Å². The average Bonchev–Trinajstić information content (AvgIpc) is 2.77. The van der Waals surface area contributed by atoms with E-state index in [0.29, 0.717) is 24.5 Å². The molecule has 1 N–H and O–H groups in total. The van der Waals surface area contributed by atoms with Gasteiger partial charge in [0.2, 0.25) is 0 Å². The highest BCUT2D eigenvalue weighted by Crippen LogP contribution is 2.23. The number of nitrogens with zero attached hydrogens (tertiary/aromatic N) is 1. The monoisotopic (exact) mass is 281 g/mol. The van der Waals surface area contributed by atoms with Crippen LogP contribution in [0.3, 0.4) is 0 Å². The van der Waals surface area contributed by atoms with Crippen LogP contribution < -0.4 is 0 Å². The van der Waals surface area contributed by atoms with Crippen molar-refractivity contribution in [1.82, 2.24) is 4.90 Å². The summed E-state index contributed by atoms with van der Waals surface area (Å²) in [6.07, 6.45) is 4.02. The molecule has 0 aliphatic carbocycles. The van der Waals surface area contributed by atoms with Crippen molar-refractivity contribution < 1.29 is 19.1 Å². The molecule has 1 aromatic rings. The fourth-order valence-corrected chi connectivity index (χ4v) is 2.53. The molecule has 2 rings (SSSR count). The molecule has 1 fully saturated rings. The van der Waals surface area contributed by atoms with Gasteiger partial charge < -0.3 is 14.3 Å². The van der Waals surface area contributed by atoms with Crippen LogP contribution in [-0.4, -0.2) is 41.3 Å². The lowest BCUT2D eigenvalue weighted by atomic mass is 9.98. The summed E-state index contributed by atoms with van der Waals surface area (Å²) in [5.74, 6) is 0.308.